The minimum absolute atomic E-state index is 0.159. The quantitative estimate of drug-likeness (QED) is 0.537. The number of fused-ring (bicyclic) bond motifs is 1. The molecule has 1 amide bonds. The van der Waals surface area contributed by atoms with Gasteiger partial charge in [-0.25, -0.2) is 4.98 Å². The Labute approximate surface area is 171 Å². The first-order chi connectivity index (χ1) is 13.5. The maximum atomic E-state index is 12.7. The second-order valence-electron chi connectivity index (χ2n) is 6.01. The highest BCUT2D eigenvalue weighted by atomic mass is 32.1. The number of aromatic amines is 1. The Morgan fingerprint density at radius 3 is 2.82 bits per heavy atom. The number of aromatic nitrogens is 5. The highest BCUT2D eigenvalue weighted by Gasteiger charge is 2.21. The molecule has 2 N–H and O–H groups in total. The summed E-state index contributed by atoms with van der Waals surface area (Å²) in [6.07, 6.45) is 0.581. The molecule has 3 aromatic rings. The summed E-state index contributed by atoms with van der Waals surface area (Å²) in [7, 11) is 3.13. The van der Waals surface area contributed by atoms with Crippen LogP contribution < -0.4 is 10.1 Å². The highest BCUT2D eigenvalue weighted by molar-refractivity contribution is 7.71. The fraction of sp³-hybridized carbons (Fsp3) is 0.471. The number of nitrogens with zero attached hydrogens (tertiary/aromatic N) is 4. The van der Waals surface area contributed by atoms with Crippen molar-refractivity contribution in [1.29, 1.82) is 0 Å². The van der Waals surface area contributed by atoms with Gasteiger partial charge in [0.25, 0.3) is 5.91 Å². The molecule has 0 fully saturated rings. The number of amides is 1. The second kappa shape index (κ2) is 8.76. The van der Waals surface area contributed by atoms with E-state index in [2.05, 4.69) is 25.5 Å². The lowest BCUT2D eigenvalue weighted by Gasteiger charge is -2.06. The van der Waals surface area contributed by atoms with Crippen molar-refractivity contribution in [3.05, 3.63) is 26.9 Å². The van der Waals surface area contributed by atoms with Crippen molar-refractivity contribution >= 4 is 39.7 Å². The van der Waals surface area contributed by atoms with Crippen LogP contribution in [0.5, 0.6) is 5.88 Å². The van der Waals surface area contributed by atoms with Crippen molar-refractivity contribution in [3.8, 4) is 5.88 Å². The van der Waals surface area contributed by atoms with Crippen LogP contribution >= 0.6 is 23.6 Å². The zero-order chi connectivity index (χ0) is 20.3. The third-order valence-electron chi connectivity index (χ3n) is 4.26. The molecular formula is C17H22N6O3S2. The molecule has 150 valence electrons. The van der Waals surface area contributed by atoms with E-state index in [9.17, 15) is 4.79 Å². The van der Waals surface area contributed by atoms with Gasteiger partial charge in [0.1, 0.15) is 17.3 Å². The average Bonchev–Trinajstić information content (AvgIpc) is 3.21. The molecule has 0 aliphatic carbocycles. The van der Waals surface area contributed by atoms with Crippen LogP contribution in [-0.2, 0) is 24.3 Å². The number of methoxy groups -OCH3 is 2. The van der Waals surface area contributed by atoms with Gasteiger partial charge in [-0.1, -0.05) is 0 Å². The summed E-state index contributed by atoms with van der Waals surface area (Å²) in [5, 5.41) is 10.7. The predicted octanol–water partition coefficient (Wildman–Crippen LogP) is 2.40. The van der Waals surface area contributed by atoms with E-state index in [1.54, 1.807) is 14.2 Å². The van der Waals surface area contributed by atoms with Crippen LogP contribution in [0.4, 0.5) is 0 Å². The van der Waals surface area contributed by atoms with Gasteiger partial charge < -0.3 is 19.4 Å². The van der Waals surface area contributed by atoms with Gasteiger partial charge in [-0.05, 0) is 31.6 Å². The van der Waals surface area contributed by atoms with Crippen LogP contribution in [0.3, 0.4) is 0 Å². The fourth-order valence-electron chi connectivity index (χ4n) is 2.94. The minimum Gasteiger partial charge on any atom is -0.480 e. The van der Waals surface area contributed by atoms with Crippen LogP contribution in [0, 0.1) is 11.7 Å². The molecule has 0 saturated heterocycles. The average molecular weight is 423 g/mol. The minimum atomic E-state index is -0.159. The molecule has 0 radical (unpaired) electrons. The summed E-state index contributed by atoms with van der Waals surface area (Å²) in [6, 6.07) is 0. The first-order valence-corrected chi connectivity index (χ1v) is 9.97. The van der Waals surface area contributed by atoms with E-state index in [1.165, 1.54) is 11.3 Å². The zero-order valence-electron chi connectivity index (χ0n) is 16.2. The van der Waals surface area contributed by atoms with E-state index in [0.717, 1.165) is 23.3 Å². The Kier molecular flexibility index (Phi) is 6.37. The second-order valence-corrected chi connectivity index (χ2v) is 7.40. The number of nitrogens with one attached hydrogen (secondary N) is 2. The van der Waals surface area contributed by atoms with Gasteiger partial charge in [-0.2, -0.15) is 10.1 Å². The normalized spacial score (nSPS) is 11.1. The standard InChI is InChI=1S/C17H22N6O3S2/c1-5-23-11(21-22-17(23)27)6-7-18-14(24)13-9(2)12-15(26-4)19-10(8-25-3)20-16(12)28-13/h5-8H2,1-4H3,(H,18,24)(H,22,27). The Balaban J connectivity index is 1.79. The molecule has 11 heteroatoms. The van der Waals surface area contributed by atoms with E-state index in [-0.39, 0.29) is 12.5 Å². The third-order valence-corrected chi connectivity index (χ3v) is 5.76. The third kappa shape index (κ3) is 3.91. The zero-order valence-corrected chi connectivity index (χ0v) is 17.8. The number of carbonyl (C=O) groups is 1. The summed E-state index contributed by atoms with van der Waals surface area (Å²) in [5.74, 6) is 1.62. The van der Waals surface area contributed by atoms with Crippen molar-refractivity contribution in [3.63, 3.8) is 0 Å². The fourth-order valence-corrected chi connectivity index (χ4v) is 4.32. The smallest absolute Gasteiger partial charge is 0.261 e. The van der Waals surface area contributed by atoms with Gasteiger partial charge in [-0.15, -0.1) is 11.3 Å². The number of rotatable bonds is 8. The molecule has 0 aromatic carbocycles. The SMILES string of the molecule is CCn1c(CCNC(=O)c2sc3nc(COC)nc(OC)c3c2C)n[nH]c1=S. The van der Waals surface area contributed by atoms with Crippen LogP contribution in [0.25, 0.3) is 10.2 Å². The molecule has 3 rings (SSSR count). The van der Waals surface area contributed by atoms with Crippen molar-refractivity contribution in [2.45, 2.75) is 33.4 Å². The summed E-state index contributed by atoms with van der Waals surface area (Å²) in [5.41, 5.74) is 0.801. The molecule has 28 heavy (non-hydrogen) atoms. The van der Waals surface area contributed by atoms with Crippen LogP contribution in [0.2, 0.25) is 0 Å². The number of aryl methyl sites for hydroxylation is 1. The number of hydrogen-bond donors (Lipinski definition) is 2. The van der Waals surface area contributed by atoms with Crippen LogP contribution in [-0.4, -0.2) is 51.4 Å². The molecular weight excluding hydrogens is 400 g/mol. The monoisotopic (exact) mass is 422 g/mol. The van der Waals surface area contributed by atoms with E-state index < -0.39 is 0 Å². The number of hydrogen-bond acceptors (Lipinski definition) is 8. The Hall–Kier alpha value is -2.37. The lowest BCUT2D eigenvalue weighted by atomic mass is 10.2. The number of carbonyl (C=O) groups excluding carboxylic acids is 1. The van der Waals surface area contributed by atoms with Crippen molar-refractivity contribution < 1.29 is 14.3 Å². The Morgan fingerprint density at radius 2 is 2.14 bits per heavy atom. The van der Waals surface area contributed by atoms with Gasteiger partial charge in [0.15, 0.2) is 10.6 Å². The first-order valence-electron chi connectivity index (χ1n) is 8.75. The van der Waals surface area contributed by atoms with Gasteiger partial charge in [0, 0.05) is 26.6 Å². The van der Waals surface area contributed by atoms with Crippen molar-refractivity contribution in [1.82, 2.24) is 30.0 Å². The van der Waals surface area contributed by atoms with Crippen molar-refractivity contribution in [2.24, 2.45) is 0 Å². The van der Waals surface area contributed by atoms with Gasteiger partial charge in [-0.3, -0.25) is 9.89 Å². The number of H-pyrrole nitrogens is 1. The van der Waals surface area contributed by atoms with Crippen LogP contribution in [0.15, 0.2) is 0 Å². The first kappa shape index (κ1) is 20.4. The number of ether oxygens (including phenoxy) is 2. The molecule has 9 nitrogen and oxygen atoms in total. The summed E-state index contributed by atoms with van der Waals surface area (Å²) in [6.45, 7) is 5.33. The molecule has 0 bridgehead atoms. The molecule has 0 unspecified atom stereocenters. The topological polar surface area (TPSA) is 107 Å². The largest absolute Gasteiger partial charge is 0.480 e. The predicted molar refractivity (Wildman–Crippen MR) is 109 cm³/mol. The van der Waals surface area contributed by atoms with E-state index >= 15 is 0 Å². The summed E-state index contributed by atoms with van der Waals surface area (Å²) < 4.78 is 13.0. The highest BCUT2D eigenvalue weighted by Crippen LogP contribution is 2.34. The molecule has 0 atom stereocenters. The van der Waals surface area contributed by atoms with E-state index in [4.69, 9.17) is 21.7 Å². The maximum Gasteiger partial charge on any atom is 0.261 e. The molecule has 0 aliphatic rings. The maximum absolute atomic E-state index is 12.7. The summed E-state index contributed by atoms with van der Waals surface area (Å²) in [4.78, 5) is 22.9. The molecule has 0 spiro atoms. The Morgan fingerprint density at radius 1 is 1.36 bits per heavy atom. The van der Waals surface area contributed by atoms with E-state index in [1.807, 2.05) is 18.4 Å². The molecule has 3 aromatic heterocycles. The van der Waals surface area contributed by atoms with Gasteiger partial charge in [0.05, 0.1) is 17.4 Å². The van der Waals surface area contributed by atoms with Gasteiger partial charge in [0.2, 0.25) is 5.88 Å². The number of thiophene rings is 1. The van der Waals surface area contributed by atoms with E-state index in [0.29, 0.717) is 39.1 Å². The summed E-state index contributed by atoms with van der Waals surface area (Å²) >= 11 is 6.50. The lowest BCUT2D eigenvalue weighted by Crippen LogP contribution is -2.26. The van der Waals surface area contributed by atoms with Crippen LogP contribution in [0.1, 0.15) is 33.8 Å². The van der Waals surface area contributed by atoms with Gasteiger partial charge >= 0.3 is 0 Å². The Bertz CT molecular complexity index is 1060. The lowest BCUT2D eigenvalue weighted by molar-refractivity contribution is 0.0957. The molecule has 0 saturated carbocycles. The molecule has 0 aliphatic heterocycles. The molecule has 3 heterocycles. The van der Waals surface area contributed by atoms with Crippen molar-refractivity contribution in [2.75, 3.05) is 20.8 Å².